The third-order valence-corrected chi connectivity index (χ3v) is 2.96. The van der Waals surface area contributed by atoms with E-state index in [1.54, 1.807) is 6.07 Å². The van der Waals surface area contributed by atoms with Crippen LogP contribution in [0.1, 0.15) is 36.1 Å². The molecule has 5 nitrogen and oxygen atoms in total. The third-order valence-electron chi connectivity index (χ3n) is 2.48. The van der Waals surface area contributed by atoms with Gasteiger partial charge in [-0.25, -0.2) is 15.0 Å². The third kappa shape index (κ3) is 3.43. The van der Waals surface area contributed by atoms with Crippen LogP contribution in [0, 0.1) is 0 Å². The second-order valence-corrected chi connectivity index (χ2v) is 5.20. The van der Waals surface area contributed by atoms with Gasteiger partial charge >= 0.3 is 0 Å². The monoisotopic (exact) mass is 310 g/mol. The lowest BCUT2D eigenvalue weighted by atomic mass is 10.2. The summed E-state index contributed by atoms with van der Waals surface area (Å²) in [6, 6.07) is 3.17. The number of anilines is 1. The zero-order valence-corrected chi connectivity index (χ0v) is 12.4. The number of carbonyl (C=O) groups excluding carboxylic acids is 1. The van der Waals surface area contributed by atoms with Crippen molar-refractivity contribution in [2.45, 2.75) is 19.8 Å². The van der Waals surface area contributed by atoms with Crippen molar-refractivity contribution in [3.05, 3.63) is 46.2 Å². The van der Waals surface area contributed by atoms with E-state index in [2.05, 4.69) is 20.3 Å². The predicted molar refractivity (Wildman–Crippen MR) is 78.3 cm³/mol. The number of aromatic nitrogens is 3. The van der Waals surface area contributed by atoms with Crippen LogP contribution in [0.5, 0.6) is 0 Å². The molecular weight excluding hydrogens is 299 g/mol. The van der Waals surface area contributed by atoms with Crippen LogP contribution in [0.4, 0.5) is 5.69 Å². The van der Waals surface area contributed by atoms with E-state index in [1.807, 2.05) is 13.8 Å². The highest BCUT2D eigenvalue weighted by molar-refractivity contribution is 6.34. The van der Waals surface area contributed by atoms with Crippen molar-refractivity contribution in [2.24, 2.45) is 0 Å². The van der Waals surface area contributed by atoms with Gasteiger partial charge in [0.1, 0.15) is 11.0 Å². The molecule has 0 bridgehead atoms. The molecule has 0 aliphatic carbocycles. The Hall–Kier alpha value is -1.72. The highest BCUT2D eigenvalue weighted by Crippen LogP contribution is 2.18. The summed E-state index contributed by atoms with van der Waals surface area (Å²) in [7, 11) is 0. The van der Waals surface area contributed by atoms with E-state index in [4.69, 9.17) is 23.2 Å². The van der Waals surface area contributed by atoms with Crippen LogP contribution in [0.2, 0.25) is 10.2 Å². The maximum absolute atomic E-state index is 12.2. The molecule has 0 saturated carbocycles. The van der Waals surface area contributed by atoms with Crippen LogP contribution < -0.4 is 5.32 Å². The number of nitrogens with zero attached hydrogens (tertiary/aromatic N) is 3. The Morgan fingerprint density at radius 2 is 2.05 bits per heavy atom. The van der Waals surface area contributed by atoms with Crippen LogP contribution in [0.3, 0.4) is 0 Å². The zero-order valence-electron chi connectivity index (χ0n) is 10.9. The van der Waals surface area contributed by atoms with E-state index in [1.165, 1.54) is 18.5 Å². The fraction of sp³-hybridized carbons (Fsp3) is 0.231. The molecule has 2 heterocycles. The van der Waals surface area contributed by atoms with E-state index in [0.29, 0.717) is 16.7 Å². The minimum atomic E-state index is -0.415. The van der Waals surface area contributed by atoms with Gasteiger partial charge in [-0.2, -0.15) is 0 Å². The number of amides is 1. The minimum absolute atomic E-state index is 0.106. The molecule has 2 aromatic rings. The molecule has 104 valence electrons. The summed E-state index contributed by atoms with van der Waals surface area (Å²) < 4.78 is 0. The molecule has 0 fully saturated rings. The molecule has 0 saturated heterocycles. The fourth-order valence-corrected chi connectivity index (χ4v) is 1.84. The molecular formula is C13H12Cl2N4O. The fourth-order valence-electron chi connectivity index (χ4n) is 1.49. The Bertz CT molecular complexity index is 646. The lowest BCUT2D eigenvalue weighted by Crippen LogP contribution is -2.16. The van der Waals surface area contributed by atoms with E-state index in [9.17, 15) is 4.79 Å². The number of carbonyl (C=O) groups is 1. The molecule has 0 unspecified atom stereocenters. The first kappa shape index (κ1) is 14.7. The largest absolute Gasteiger partial charge is 0.320 e. The Labute approximate surface area is 126 Å². The van der Waals surface area contributed by atoms with Crippen molar-refractivity contribution in [3.8, 4) is 0 Å². The Morgan fingerprint density at radius 3 is 2.70 bits per heavy atom. The molecule has 1 amide bonds. The average molecular weight is 311 g/mol. The molecule has 0 radical (unpaired) electrons. The smallest absolute Gasteiger partial charge is 0.275 e. The van der Waals surface area contributed by atoms with E-state index >= 15 is 0 Å². The van der Waals surface area contributed by atoms with E-state index < -0.39 is 5.91 Å². The first-order valence-corrected chi connectivity index (χ1v) is 6.68. The highest BCUT2D eigenvalue weighted by Gasteiger charge is 2.15. The Kier molecular flexibility index (Phi) is 4.52. The molecule has 2 rings (SSSR count). The molecule has 0 aliphatic heterocycles. The van der Waals surface area contributed by atoms with E-state index in [0.717, 1.165) is 0 Å². The first-order valence-electron chi connectivity index (χ1n) is 5.92. The molecule has 0 spiro atoms. The van der Waals surface area contributed by atoms with Gasteiger partial charge in [-0.3, -0.25) is 4.79 Å². The topological polar surface area (TPSA) is 67.8 Å². The van der Waals surface area contributed by atoms with Gasteiger partial charge in [0.15, 0.2) is 5.69 Å². The van der Waals surface area contributed by atoms with Gasteiger partial charge in [0.25, 0.3) is 5.91 Å². The number of hydrogen-bond acceptors (Lipinski definition) is 4. The first-order chi connectivity index (χ1) is 9.47. The van der Waals surface area contributed by atoms with Crippen LogP contribution in [0.25, 0.3) is 0 Å². The molecule has 7 heteroatoms. The summed E-state index contributed by atoms with van der Waals surface area (Å²) in [6.07, 6.45) is 2.93. The van der Waals surface area contributed by atoms with Crippen molar-refractivity contribution >= 4 is 34.8 Å². The van der Waals surface area contributed by atoms with Crippen molar-refractivity contribution in [2.75, 3.05) is 5.32 Å². The average Bonchev–Trinajstić information content (AvgIpc) is 2.38. The van der Waals surface area contributed by atoms with Crippen molar-refractivity contribution in [1.29, 1.82) is 0 Å². The summed E-state index contributed by atoms with van der Waals surface area (Å²) >= 11 is 11.7. The number of halogens is 2. The van der Waals surface area contributed by atoms with Crippen LogP contribution in [-0.4, -0.2) is 20.9 Å². The summed E-state index contributed by atoms with van der Waals surface area (Å²) in [5.74, 6) is 0.253. The zero-order chi connectivity index (χ0) is 14.7. The van der Waals surface area contributed by atoms with Crippen LogP contribution >= 0.6 is 23.2 Å². The second kappa shape index (κ2) is 6.15. The lowest BCUT2D eigenvalue weighted by Gasteiger charge is -2.09. The number of hydrogen-bond donors (Lipinski definition) is 1. The SMILES string of the molecule is CC(C)c1ncc(Cl)c(C(=O)Nc2ccnc(Cl)c2)n1. The van der Waals surface area contributed by atoms with Crippen LogP contribution in [-0.2, 0) is 0 Å². The molecule has 0 aliphatic rings. The molecule has 1 N–H and O–H groups in total. The van der Waals surface area contributed by atoms with Gasteiger partial charge in [0, 0.05) is 17.8 Å². The predicted octanol–water partition coefficient (Wildman–Crippen LogP) is 3.55. The second-order valence-electron chi connectivity index (χ2n) is 4.40. The summed E-state index contributed by atoms with van der Waals surface area (Å²) in [5.41, 5.74) is 0.661. The Morgan fingerprint density at radius 1 is 1.30 bits per heavy atom. The van der Waals surface area contributed by atoms with Crippen molar-refractivity contribution in [3.63, 3.8) is 0 Å². The number of rotatable bonds is 3. The van der Waals surface area contributed by atoms with Crippen LogP contribution in [0.15, 0.2) is 24.5 Å². The summed E-state index contributed by atoms with van der Waals surface area (Å²) in [6.45, 7) is 3.88. The summed E-state index contributed by atoms with van der Waals surface area (Å²) in [5, 5.41) is 3.16. The number of pyridine rings is 1. The van der Waals surface area contributed by atoms with Gasteiger partial charge in [-0.05, 0) is 12.1 Å². The lowest BCUT2D eigenvalue weighted by molar-refractivity contribution is 0.102. The summed E-state index contributed by atoms with van der Waals surface area (Å²) in [4.78, 5) is 24.3. The molecule has 20 heavy (non-hydrogen) atoms. The maximum atomic E-state index is 12.2. The van der Waals surface area contributed by atoms with Gasteiger partial charge in [0.05, 0.1) is 11.2 Å². The molecule has 2 aromatic heterocycles. The quantitative estimate of drug-likeness (QED) is 0.880. The highest BCUT2D eigenvalue weighted by atomic mass is 35.5. The van der Waals surface area contributed by atoms with Gasteiger partial charge < -0.3 is 5.32 Å². The van der Waals surface area contributed by atoms with E-state index in [-0.39, 0.29) is 16.6 Å². The normalized spacial score (nSPS) is 10.7. The molecule has 0 aromatic carbocycles. The minimum Gasteiger partial charge on any atom is -0.320 e. The van der Waals surface area contributed by atoms with Crippen molar-refractivity contribution in [1.82, 2.24) is 15.0 Å². The standard InChI is InChI=1S/C13H12Cl2N4O/c1-7(2)12-17-6-9(14)11(19-12)13(20)18-8-3-4-16-10(15)5-8/h3-7H,1-2H3,(H,16,18,20). The van der Waals surface area contributed by atoms with Crippen molar-refractivity contribution < 1.29 is 4.79 Å². The van der Waals surface area contributed by atoms with Gasteiger partial charge in [-0.1, -0.05) is 37.0 Å². The maximum Gasteiger partial charge on any atom is 0.275 e. The number of nitrogens with one attached hydrogen (secondary N) is 1. The van der Waals surface area contributed by atoms with Gasteiger partial charge in [0.2, 0.25) is 0 Å². The molecule has 0 atom stereocenters. The van der Waals surface area contributed by atoms with Gasteiger partial charge in [-0.15, -0.1) is 0 Å². The Balaban J connectivity index is 2.27.